The first-order valence-electron chi connectivity index (χ1n) is 8.48. The van der Waals surface area contributed by atoms with Crippen molar-refractivity contribution in [2.24, 2.45) is 0 Å². The zero-order valence-corrected chi connectivity index (χ0v) is 15.3. The molecule has 0 saturated carbocycles. The zero-order chi connectivity index (χ0) is 18.3. The first-order valence-corrected chi connectivity index (χ1v) is 9.36. The van der Waals surface area contributed by atoms with Crippen LogP contribution in [0.15, 0.2) is 65.7 Å². The minimum absolute atomic E-state index is 0.197. The van der Waals surface area contributed by atoms with Gasteiger partial charge < -0.3 is 5.32 Å². The third kappa shape index (κ3) is 2.61. The van der Waals surface area contributed by atoms with E-state index in [9.17, 15) is 9.59 Å². The van der Waals surface area contributed by atoms with Crippen molar-refractivity contribution in [3.05, 3.63) is 70.6 Å². The molecule has 2 amide bonds. The first kappa shape index (κ1) is 16.5. The number of nitrogens with one attached hydrogen (secondary N) is 1. The first-order chi connectivity index (χ1) is 12.6. The van der Waals surface area contributed by atoms with Gasteiger partial charge in [-0.1, -0.05) is 42.5 Å². The van der Waals surface area contributed by atoms with Crippen molar-refractivity contribution in [2.75, 3.05) is 5.32 Å². The van der Waals surface area contributed by atoms with Gasteiger partial charge in [0, 0.05) is 22.0 Å². The number of thiophene rings is 1. The Morgan fingerprint density at radius 2 is 1.69 bits per heavy atom. The SMILES string of the molecule is CC(C)N1C(=O)C(Nc2cccc3ccccc23)=C(c2cccs2)C1=O. The number of anilines is 1. The summed E-state index contributed by atoms with van der Waals surface area (Å²) in [6.45, 7) is 3.70. The number of fused-ring (bicyclic) bond motifs is 1. The van der Waals surface area contributed by atoms with Crippen molar-refractivity contribution in [3.8, 4) is 0 Å². The zero-order valence-electron chi connectivity index (χ0n) is 14.5. The summed E-state index contributed by atoms with van der Waals surface area (Å²) >= 11 is 1.46. The Morgan fingerprint density at radius 1 is 0.923 bits per heavy atom. The van der Waals surface area contributed by atoms with Crippen molar-refractivity contribution in [1.29, 1.82) is 0 Å². The molecule has 0 fully saturated rings. The molecule has 26 heavy (non-hydrogen) atoms. The van der Waals surface area contributed by atoms with E-state index < -0.39 is 0 Å². The van der Waals surface area contributed by atoms with Crippen molar-refractivity contribution < 1.29 is 9.59 Å². The van der Waals surface area contributed by atoms with Crippen LogP contribution in [0.5, 0.6) is 0 Å². The molecule has 4 nitrogen and oxygen atoms in total. The molecular formula is C21H18N2O2S. The number of nitrogens with zero attached hydrogens (tertiary/aromatic N) is 1. The average molecular weight is 362 g/mol. The summed E-state index contributed by atoms with van der Waals surface area (Å²) in [4.78, 5) is 28.0. The highest BCUT2D eigenvalue weighted by atomic mass is 32.1. The highest BCUT2D eigenvalue weighted by Crippen LogP contribution is 2.35. The molecule has 5 heteroatoms. The lowest BCUT2D eigenvalue weighted by molar-refractivity contribution is -0.138. The molecule has 1 aliphatic rings. The third-order valence-corrected chi connectivity index (χ3v) is 5.34. The predicted molar refractivity (Wildman–Crippen MR) is 106 cm³/mol. The van der Waals surface area contributed by atoms with Crippen LogP contribution in [-0.2, 0) is 9.59 Å². The topological polar surface area (TPSA) is 49.4 Å². The molecular weight excluding hydrogens is 344 g/mol. The molecule has 130 valence electrons. The summed E-state index contributed by atoms with van der Waals surface area (Å²) in [6.07, 6.45) is 0. The molecule has 3 aromatic rings. The maximum absolute atomic E-state index is 13.0. The fraction of sp³-hybridized carbons (Fsp3) is 0.143. The smallest absolute Gasteiger partial charge is 0.278 e. The van der Waals surface area contributed by atoms with E-state index >= 15 is 0 Å². The normalized spacial score (nSPS) is 14.8. The van der Waals surface area contributed by atoms with E-state index in [1.807, 2.05) is 73.8 Å². The molecule has 1 N–H and O–H groups in total. The summed E-state index contributed by atoms with van der Waals surface area (Å²) in [7, 11) is 0. The molecule has 0 unspecified atom stereocenters. The second-order valence-electron chi connectivity index (χ2n) is 6.45. The van der Waals surface area contributed by atoms with Gasteiger partial charge in [0.25, 0.3) is 11.8 Å². The number of imide groups is 1. The van der Waals surface area contributed by atoms with Gasteiger partial charge in [-0.05, 0) is 36.7 Å². The Labute approximate surface area is 155 Å². The number of rotatable bonds is 4. The summed E-state index contributed by atoms with van der Waals surface area (Å²) in [5, 5.41) is 7.26. The van der Waals surface area contributed by atoms with Crippen molar-refractivity contribution >= 4 is 45.2 Å². The van der Waals surface area contributed by atoms with E-state index in [1.54, 1.807) is 0 Å². The van der Waals surface area contributed by atoms with Gasteiger partial charge in [-0.25, -0.2) is 0 Å². The van der Waals surface area contributed by atoms with Crippen LogP contribution in [0.25, 0.3) is 16.3 Å². The number of carbonyl (C=O) groups excluding carboxylic acids is 2. The summed E-state index contributed by atoms with van der Waals surface area (Å²) in [6, 6.07) is 17.4. The van der Waals surface area contributed by atoms with E-state index in [4.69, 9.17) is 0 Å². The maximum atomic E-state index is 13.0. The lowest BCUT2D eigenvalue weighted by atomic mass is 10.1. The molecule has 0 aliphatic carbocycles. The van der Waals surface area contributed by atoms with Gasteiger partial charge in [0.1, 0.15) is 5.70 Å². The summed E-state index contributed by atoms with van der Waals surface area (Å²) in [5.41, 5.74) is 1.62. The molecule has 2 heterocycles. The monoisotopic (exact) mass is 362 g/mol. The van der Waals surface area contributed by atoms with Gasteiger partial charge in [-0.3, -0.25) is 14.5 Å². The Kier molecular flexibility index (Phi) is 4.09. The molecule has 2 aromatic carbocycles. The minimum Gasteiger partial charge on any atom is -0.350 e. The third-order valence-electron chi connectivity index (χ3n) is 4.45. The molecule has 1 aromatic heterocycles. The number of amides is 2. The molecule has 0 spiro atoms. The van der Waals surface area contributed by atoms with E-state index in [-0.39, 0.29) is 17.9 Å². The average Bonchev–Trinajstić information content (AvgIpc) is 3.22. The fourth-order valence-corrected chi connectivity index (χ4v) is 4.02. The predicted octanol–water partition coefficient (Wildman–Crippen LogP) is 4.50. The summed E-state index contributed by atoms with van der Waals surface area (Å²) < 4.78 is 0. The van der Waals surface area contributed by atoms with Crippen LogP contribution >= 0.6 is 11.3 Å². The fourth-order valence-electron chi connectivity index (χ4n) is 3.25. The van der Waals surface area contributed by atoms with Gasteiger partial charge >= 0.3 is 0 Å². The molecule has 0 atom stereocenters. The minimum atomic E-state index is -0.277. The molecule has 0 saturated heterocycles. The van der Waals surface area contributed by atoms with Crippen molar-refractivity contribution in [1.82, 2.24) is 4.90 Å². The Bertz CT molecular complexity index is 1030. The number of benzene rings is 2. The maximum Gasteiger partial charge on any atom is 0.278 e. The van der Waals surface area contributed by atoms with Crippen LogP contribution in [0.1, 0.15) is 18.7 Å². The van der Waals surface area contributed by atoms with Gasteiger partial charge in [0.05, 0.1) is 5.57 Å². The van der Waals surface area contributed by atoms with Crippen molar-refractivity contribution in [2.45, 2.75) is 19.9 Å². The quantitative estimate of drug-likeness (QED) is 0.695. The Morgan fingerprint density at radius 3 is 2.42 bits per heavy atom. The van der Waals surface area contributed by atoms with E-state index in [1.165, 1.54) is 16.2 Å². The lowest BCUT2D eigenvalue weighted by Crippen LogP contribution is -2.38. The second kappa shape index (κ2) is 6.42. The van der Waals surface area contributed by atoms with E-state index in [0.29, 0.717) is 11.3 Å². The van der Waals surface area contributed by atoms with Gasteiger partial charge in [0.2, 0.25) is 0 Å². The highest BCUT2D eigenvalue weighted by molar-refractivity contribution is 7.11. The second-order valence-corrected chi connectivity index (χ2v) is 7.40. The molecule has 0 radical (unpaired) electrons. The molecule has 1 aliphatic heterocycles. The van der Waals surface area contributed by atoms with E-state index in [2.05, 4.69) is 5.32 Å². The standard InChI is InChI=1S/C21H18N2O2S/c1-13(2)23-20(24)18(17-11-6-12-26-17)19(21(23)25)22-16-10-5-8-14-7-3-4-9-15(14)16/h3-13,22H,1-2H3. The highest BCUT2D eigenvalue weighted by Gasteiger charge is 2.41. The van der Waals surface area contributed by atoms with Crippen LogP contribution in [0, 0.1) is 0 Å². The van der Waals surface area contributed by atoms with Crippen molar-refractivity contribution in [3.63, 3.8) is 0 Å². The molecule has 4 rings (SSSR count). The molecule has 0 bridgehead atoms. The van der Waals surface area contributed by atoms with Crippen LogP contribution in [0.3, 0.4) is 0 Å². The Balaban J connectivity index is 1.86. The van der Waals surface area contributed by atoms with Crippen LogP contribution in [0.2, 0.25) is 0 Å². The van der Waals surface area contributed by atoms with Gasteiger partial charge in [-0.15, -0.1) is 11.3 Å². The van der Waals surface area contributed by atoms with E-state index in [0.717, 1.165) is 21.3 Å². The van der Waals surface area contributed by atoms with Gasteiger partial charge in [0.15, 0.2) is 0 Å². The largest absolute Gasteiger partial charge is 0.350 e. The van der Waals surface area contributed by atoms with Gasteiger partial charge in [-0.2, -0.15) is 0 Å². The number of hydrogen-bond donors (Lipinski definition) is 1. The lowest BCUT2D eigenvalue weighted by Gasteiger charge is -2.19. The Hall–Kier alpha value is -2.92. The number of carbonyl (C=O) groups is 2. The van der Waals surface area contributed by atoms with Crippen LogP contribution in [-0.4, -0.2) is 22.8 Å². The number of hydrogen-bond acceptors (Lipinski definition) is 4. The van der Waals surface area contributed by atoms with Crippen LogP contribution in [0.4, 0.5) is 5.69 Å². The van der Waals surface area contributed by atoms with Crippen LogP contribution < -0.4 is 5.32 Å². The summed E-state index contributed by atoms with van der Waals surface area (Å²) in [5.74, 6) is -0.517.